The lowest BCUT2D eigenvalue weighted by molar-refractivity contribution is -0.153. The molecule has 1 heterocycles. The maximum absolute atomic E-state index is 12.5. The molecule has 1 N–H and O–H groups in total. The van der Waals surface area contributed by atoms with Gasteiger partial charge in [-0.1, -0.05) is 48.5 Å². The van der Waals surface area contributed by atoms with Gasteiger partial charge in [0.25, 0.3) is 5.91 Å². The van der Waals surface area contributed by atoms with Gasteiger partial charge in [0.05, 0.1) is 0 Å². The number of ether oxygens (including phenoxy) is 1. The van der Waals surface area contributed by atoms with Crippen LogP contribution in [-0.2, 0) is 19.1 Å². The van der Waals surface area contributed by atoms with E-state index in [2.05, 4.69) is 5.32 Å². The summed E-state index contributed by atoms with van der Waals surface area (Å²) in [5.41, 5.74) is 2.44. The number of likely N-dealkylation sites (N-methyl/N-ethyl adjacent to an activating group) is 1. The third kappa shape index (κ3) is 5.48. The van der Waals surface area contributed by atoms with Gasteiger partial charge in [-0.25, -0.2) is 4.79 Å². The number of imide groups is 1. The van der Waals surface area contributed by atoms with Crippen LogP contribution in [0.2, 0.25) is 0 Å². The number of hydrogen-bond acceptors (Lipinski definition) is 5. The van der Waals surface area contributed by atoms with Gasteiger partial charge < -0.3 is 15.0 Å². The van der Waals surface area contributed by atoms with E-state index in [0.29, 0.717) is 5.69 Å². The first-order valence-electron chi connectivity index (χ1n) is 10.1. The van der Waals surface area contributed by atoms with E-state index >= 15 is 0 Å². The lowest BCUT2D eigenvalue weighted by Crippen LogP contribution is -2.33. The van der Waals surface area contributed by atoms with Crippen LogP contribution in [-0.4, -0.2) is 59.9 Å². The second-order valence-electron chi connectivity index (χ2n) is 7.32. The van der Waals surface area contributed by atoms with Crippen LogP contribution in [0.1, 0.15) is 19.8 Å². The summed E-state index contributed by atoms with van der Waals surface area (Å²) in [6.07, 6.45) is -0.716. The minimum Gasteiger partial charge on any atom is -0.453 e. The molecular weight excluding hydrogens is 398 g/mol. The predicted octanol–water partition coefficient (Wildman–Crippen LogP) is 2.90. The van der Waals surface area contributed by atoms with Gasteiger partial charge in [0, 0.05) is 31.3 Å². The van der Waals surface area contributed by atoms with Gasteiger partial charge in [0.2, 0.25) is 5.91 Å². The standard InChI is InChI=1S/C23H25N3O5/c1-16(31-21(28)13-8-14-26-20(27)15-25(2)23(26)30)22(29)24-19-12-7-6-11-18(19)17-9-4-3-5-10-17/h3-7,9-12,16H,8,13-15H2,1-2H3,(H,24,29)/t16-/m0/s1. The Hall–Kier alpha value is -3.68. The van der Waals surface area contributed by atoms with Crippen molar-refractivity contribution in [3.05, 3.63) is 54.6 Å². The molecule has 2 aromatic carbocycles. The van der Waals surface area contributed by atoms with Crippen LogP contribution in [0, 0.1) is 0 Å². The molecule has 0 aromatic heterocycles. The van der Waals surface area contributed by atoms with Gasteiger partial charge in [-0.05, 0) is 25.0 Å². The third-order valence-corrected chi connectivity index (χ3v) is 4.94. The molecule has 8 heteroatoms. The highest BCUT2D eigenvalue weighted by molar-refractivity contribution is 6.02. The van der Waals surface area contributed by atoms with E-state index in [9.17, 15) is 19.2 Å². The largest absolute Gasteiger partial charge is 0.453 e. The van der Waals surface area contributed by atoms with Crippen molar-refractivity contribution in [2.45, 2.75) is 25.9 Å². The summed E-state index contributed by atoms with van der Waals surface area (Å²) in [7, 11) is 1.55. The minimum absolute atomic E-state index is 0.000995. The number of hydrogen-bond donors (Lipinski definition) is 1. The van der Waals surface area contributed by atoms with Crippen LogP contribution in [0.5, 0.6) is 0 Å². The zero-order chi connectivity index (χ0) is 22.4. The molecule has 162 valence electrons. The number of benzene rings is 2. The average Bonchev–Trinajstić information content (AvgIpc) is 3.00. The van der Waals surface area contributed by atoms with Crippen LogP contribution in [0.15, 0.2) is 54.6 Å². The fraction of sp³-hybridized carbons (Fsp3) is 0.304. The molecule has 3 rings (SSSR count). The highest BCUT2D eigenvalue weighted by Crippen LogP contribution is 2.27. The van der Waals surface area contributed by atoms with Crippen LogP contribution >= 0.6 is 0 Å². The van der Waals surface area contributed by atoms with Crippen LogP contribution < -0.4 is 5.32 Å². The van der Waals surface area contributed by atoms with Crippen LogP contribution in [0.3, 0.4) is 0 Å². The lowest BCUT2D eigenvalue weighted by atomic mass is 10.0. The number of anilines is 1. The molecule has 4 amide bonds. The number of urea groups is 1. The van der Waals surface area contributed by atoms with Gasteiger partial charge in [-0.15, -0.1) is 0 Å². The zero-order valence-corrected chi connectivity index (χ0v) is 17.5. The van der Waals surface area contributed by atoms with Crippen LogP contribution in [0.4, 0.5) is 10.5 Å². The summed E-state index contributed by atoms with van der Waals surface area (Å²) in [6, 6.07) is 16.7. The monoisotopic (exact) mass is 423 g/mol. The van der Waals surface area contributed by atoms with Gasteiger partial charge in [0.15, 0.2) is 6.10 Å². The number of carbonyl (C=O) groups is 4. The average molecular weight is 423 g/mol. The number of amides is 4. The number of rotatable bonds is 8. The zero-order valence-electron chi connectivity index (χ0n) is 17.5. The van der Waals surface area contributed by atoms with E-state index in [0.717, 1.165) is 16.0 Å². The predicted molar refractivity (Wildman–Crippen MR) is 115 cm³/mol. The van der Waals surface area contributed by atoms with E-state index in [1.165, 1.54) is 11.8 Å². The van der Waals surface area contributed by atoms with Crippen molar-refractivity contribution in [3.8, 4) is 11.1 Å². The van der Waals surface area contributed by atoms with E-state index in [1.54, 1.807) is 13.1 Å². The van der Waals surface area contributed by atoms with Crippen LogP contribution in [0.25, 0.3) is 11.1 Å². The Balaban J connectivity index is 1.50. The number of esters is 1. The molecule has 1 fully saturated rings. The third-order valence-electron chi connectivity index (χ3n) is 4.94. The number of nitrogens with zero attached hydrogens (tertiary/aromatic N) is 2. The van der Waals surface area contributed by atoms with Gasteiger partial charge in [0.1, 0.15) is 6.54 Å². The van der Waals surface area contributed by atoms with Gasteiger partial charge >= 0.3 is 12.0 Å². The second kappa shape index (κ2) is 9.88. The van der Waals surface area contributed by atoms with Crippen molar-refractivity contribution in [2.75, 3.05) is 25.5 Å². The normalized spacial score (nSPS) is 14.5. The minimum atomic E-state index is -0.988. The van der Waals surface area contributed by atoms with Crippen molar-refractivity contribution in [3.63, 3.8) is 0 Å². The molecule has 0 saturated carbocycles. The summed E-state index contributed by atoms with van der Waals surface area (Å²) < 4.78 is 5.22. The molecule has 0 unspecified atom stereocenters. The molecule has 2 aromatic rings. The lowest BCUT2D eigenvalue weighted by Gasteiger charge is -2.16. The van der Waals surface area contributed by atoms with Crippen molar-refractivity contribution < 1.29 is 23.9 Å². The van der Waals surface area contributed by atoms with E-state index in [1.807, 2.05) is 48.5 Å². The van der Waals surface area contributed by atoms with Crippen molar-refractivity contribution in [1.82, 2.24) is 9.80 Å². The smallest absolute Gasteiger partial charge is 0.326 e. The Morgan fingerprint density at radius 2 is 1.74 bits per heavy atom. The quantitative estimate of drug-likeness (QED) is 0.520. The Morgan fingerprint density at radius 3 is 2.42 bits per heavy atom. The maximum atomic E-state index is 12.5. The molecule has 31 heavy (non-hydrogen) atoms. The fourth-order valence-corrected chi connectivity index (χ4v) is 3.28. The van der Waals surface area contributed by atoms with Crippen molar-refractivity contribution >= 4 is 29.5 Å². The second-order valence-corrected chi connectivity index (χ2v) is 7.32. The molecule has 1 aliphatic rings. The van der Waals surface area contributed by atoms with E-state index in [-0.39, 0.29) is 37.9 Å². The maximum Gasteiger partial charge on any atom is 0.326 e. The molecular formula is C23H25N3O5. The van der Waals surface area contributed by atoms with Gasteiger partial charge in [-0.3, -0.25) is 19.3 Å². The summed E-state index contributed by atoms with van der Waals surface area (Å²) in [6.45, 7) is 1.69. The Labute approximate surface area is 180 Å². The molecule has 1 aliphatic heterocycles. The fourth-order valence-electron chi connectivity index (χ4n) is 3.28. The molecule has 1 atom stereocenters. The topological polar surface area (TPSA) is 96.0 Å². The number of para-hydroxylation sites is 1. The molecule has 0 bridgehead atoms. The molecule has 0 spiro atoms. The SMILES string of the molecule is C[C@H](OC(=O)CCCN1C(=O)CN(C)C1=O)C(=O)Nc1ccccc1-c1ccccc1. The Bertz CT molecular complexity index is 976. The van der Waals surface area contributed by atoms with E-state index in [4.69, 9.17) is 4.74 Å². The molecule has 0 radical (unpaired) electrons. The first kappa shape index (κ1) is 22.0. The van der Waals surface area contributed by atoms with E-state index < -0.39 is 18.0 Å². The highest BCUT2D eigenvalue weighted by atomic mass is 16.5. The number of nitrogens with one attached hydrogen (secondary N) is 1. The molecule has 0 aliphatic carbocycles. The highest BCUT2D eigenvalue weighted by Gasteiger charge is 2.33. The first-order chi connectivity index (χ1) is 14.9. The summed E-state index contributed by atoms with van der Waals surface area (Å²) in [4.78, 5) is 50.6. The van der Waals surface area contributed by atoms with Crippen molar-refractivity contribution in [2.24, 2.45) is 0 Å². The van der Waals surface area contributed by atoms with Crippen molar-refractivity contribution in [1.29, 1.82) is 0 Å². The summed E-state index contributed by atoms with van der Waals surface area (Å²) in [5.74, 6) is -1.29. The Kier molecular flexibility index (Phi) is 7.02. The molecule has 8 nitrogen and oxygen atoms in total. The number of carbonyl (C=O) groups excluding carboxylic acids is 4. The van der Waals surface area contributed by atoms with Gasteiger partial charge in [-0.2, -0.15) is 0 Å². The Morgan fingerprint density at radius 1 is 1.06 bits per heavy atom. The summed E-state index contributed by atoms with van der Waals surface area (Å²) in [5, 5.41) is 2.81. The first-order valence-corrected chi connectivity index (χ1v) is 10.1. The molecule has 1 saturated heterocycles. The summed E-state index contributed by atoms with van der Waals surface area (Å²) >= 11 is 0.